The predicted molar refractivity (Wildman–Crippen MR) is 160 cm³/mol. The summed E-state index contributed by atoms with van der Waals surface area (Å²) in [5.74, 6) is 1.37. The van der Waals surface area contributed by atoms with Gasteiger partial charge in [0.2, 0.25) is 0 Å². The SMILES string of the molecule is CCOc1ccc(/C=C2\CCC[C@@H]3C2=NN(C(=O)/C=C/c2cccc([N+](=O)[O-])c2)[C@@H]3c2ccc(OCC)cc2)cc1. The average Bonchev–Trinajstić information content (AvgIpc) is 3.39. The van der Waals surface area contributed by atoms with Crippen LogP contribution in [-0.2, 0) is 4.79 Å². The molecule has 5 rings (SSSR count). The molecule has 2 atom stereocenters. The standard InChI is InChI=1S/C33H33N3O5/c1-3-40-28-16-11-24(12-17-28)21-26-8-6-10-30-32(26)34-35(33(30)25-14-18-29(19-15-25)41-4-2)31(37)20-13-23-7-5-9-27(22-23)36(38)39/h5,7,9,11-22,30,33H,3-4,6,8,10H2,1-2H3/b20-13+,26-21+/t30-,33-/m1/s1. The first-order valence-corrected chi connectivity index (χ1v) is 14.0. The van der Waals surface area contributed by atoms with E-state index in [9.17, 15) is 14.9 Å². The number of hydrogen-bond acceptors (Lipinski definition) is 6. The highest BCUT2D eigenvalue weighted by Gasteiger charge is 2.43. The highest BCUT2D eigenvalue weighted by molar-refractivity contribution is 6.08. The first kappa shape index (κ1) is 27.8. The lowest BCUT2D eigenvalue weighted by Gasteiger charge is -2.29. The normalized spacial score (nSPS) is 19.2. The van der Waals surface area contributed by atoms with E-state index in [1.165, 1.54) is 18.2 Å². The van der Waals surface area contributed by atoms with Crippen LogP contribution in [0.3, 0.4) is 0 Å². The van der Waals surface area contributed by atoms with Crippen LogP contribution in [0.1, 0.15) is 55.8 Å². The van der Waals surface area contributed by atoms with Crippen molar-refractivity contribution in [2.75, 3.05) is 13.2 Å². The molecule has 1 aliphatic carbocycles. The number of nitro benzene ring substituents is 1. The second kappa shape index (κ2) is 12.6. The number of hydrazone groups is 1. The number of nitrogens with zero attached hydrogens (tertiary/aromatic N) is 3. The van der Waals surface area contributed by atoms with Crippen molar-refractivity contribution in [3.05, 3.63) is 111 Å². The van der Waals surface area contributed by atoms with Crippen molar-refractivity contribution in [3.8, 4) is 11.5 Å². The Labute approximate surface area is 239 Å². The molecule has 1 saturated carbocycles. The summed E-state index contributed by atoms with van der Waals surface area (Å²) in [6.07, 6.45) is 7.98. The monoisotopic (exact) mass is 551 g/mol. The van der Waals surface area contributed by atoms with Crippen molar-refractivity contribution in [3.63, 3.8) is 0 Å². The summed E-state index contributed by atoms with van der Waals surface area (Å²) in [7, 11) is 0. The summed E-state index contributed by atoms with van der Waals surface area (Å²) >= 11 is 0. The maximum Gasteiger partial charge on any atom is 0.270 e. The van der Waals surface area contributed by atoms with E-state index in [1.54, 1.807) is 23.2 Å². The zero-order valence-electron chi connectivity index (χ0n) is 23.2. The van der Waals surface area contributed by atoms with Gasteiger partial charge in [-0.25, -0.2) is 5.01 Å². The van der Waals surface area contributed by atoms with Gasteiger partial charge in [0, 0.05) is 24.1 Å². The van der Waals surface area contributed by atoms with E-state index in [0.717, 1.165) is 53.2 Å². The summed E-state index contributed by atoms with van der Waals surface area (Å²) in [4.78, 5) is 24.4. The molecule has 0 aromatic heterocycles. The minimum atomic E-state index is -0.448. The second-order valence-corrected chi connectivity index (χ2v) is 9.97. The molecule has 0 spiro atoms. The number of carbonyl (C=O) groups is 1. The minimum Gasteiger partial charge on any atom is -0.494 e. The van der Waals surface area contributed by atoms with Crippen LogP contribution in [0.25, 0.3) is 12.2 Å². The van der Waals surface area contributed by atoms with Crippen LogP contribution in [0.2, 0.25) is 0 Å². The van der Waals surface area contributed by atoms with Crippen molar-refractivity contribution in [2.45, 2.75) is 39.2 Å². The van der Waals surface area contributed by atoms with Crippen molar-refractivity contribution >= 4 is 29.5 Å². The van der Waals surface area contributed by atoms with Gasteiger partial charge in [-0.1, -0.05) is 36.4 Å². The van der Waals surface area contributed by atoms with Crippen LogP contribution >= 0.6 is 0 Å². The maximum absolute atomic E-state index is 13.6. The van der Waals surface area contributed by atoms with Gasteiger partial charge >= 0.3 is 0 Å². The van der Waals surface area contributed by atoms with Crippen molar-refractivity contribution < 1.29 is 19.2 Å². The first-order valence-electron chi connectivity index (χ1n) is 14.0. The van der Waals surface area contributed by atoms with E-state index in [4.69, 9.17) is 14.6 Å². The molecule has 3 aromatic carbocycles. The Morgan fingerprint density at radius 2 is 1.68 bits per heavy atom. The van der Waals surface area contributed by atoms with Gasteiger partial charge < -0.3 is 9.47 Å². The Morgan fingerprint density at radius 1 is 1.00 bits per heavy atom. The average molecular weight is 552 g/mol. The van der Waals surface area contributed by atoms with Gasteiger partial charge in [0.25, 0.3) is 11.6 Å². The Morgan fingerprint density at radius 3 is 2.34 bits per heavy atom. The van der Waals surface area contributed by atoms with E-state index in [1.807, 2.05) is 62.4 Å². The molecular formula is C33H33N3O5. The van der Waals surface area contributed by atoms with Gasteiger partial charge in [-0.3, -0.25) is 14.9 Å². The number of fused-ring (bicyclic) bond motifs is 1. The predicted octanol–water partition coefficient (Wildman–Crippen LogP) is 7.23. The molecule has 3 aromatic rings. The van der Waals surface area contributed by atoms with Gasteiger partial charge in [-0.15, -0.1) is 0 Å². The molecule has 8 heteroatoms. The molecule has 210 valence electrons. The van der Waals surface area contributed by atoms with Gasteiger partial charge in [-0.05, 0) is 91.8 Å². The highest BCUT2D eigenvalue weighted by atomic mass is 16.6. The number of rotatable bonds is 9. The minimum absolute atomic E-state index is 0.0247. The molecule has 1 amide bonds. The van der Waals surface area contributed by atoms with Crippen LogP contribution in [0.15, 0.2) is 89.5 Å². The molecule has 1 fully saturated rings. The Balaban J connectivity index is 1.48. The number of nitro groups is 1. The number of carbonyl (C=O) groups excluding carboxylic acids is 1. The number of benzene rings is 3. The van der Waals surface area contributed by atoms with Crippen molar-refractivity contribution in [1.29, 1.82) is 0 Å². The summed E-state index contributed by atoms with van der Waals surface area (Å²) in [5, 5.41) is 17.7. The van der Waals surface area contributed by atoms with Crippen LogP contribution in [0.5, 0.6) is 11.5 Å². The van der Waals surface area contributed by atoms with Crippen LogP contribution < -0.4 is 9.47 Å². The van der Waals surface area contributed by atoms with Crippen LogP contribution in [0, 0.1) is 16.0 Å². The summed E-state index contributed by atoms with van der Waals surface area (Å²) in [5.41, 5.74) is 4.64. The van der Waals surface area contributed by atoms with E-state index in [0.29, 0.717) is 18.8 Å². The lowest BCUT2D eigenvalue weighted by molar-refractivity contribution is -0.384. The fourth-order valence-electron chi connectivity index (χ4n) is 5.46. The van der Waals surface area contributed by atoms with E-state index < -0.39 is 4.92 Å². The smallest absolute Gasteiger partial charge is 0.270 e. The van der Waals surface area contributed by atoms with E-state index in [2.05, 4.69) is 6.08 Å². The highest BCUT2D eigenvalue weighted by Crippen LogP contribution is 2.44. The fraction of sp³-hybridized carbons (Fsp3) is 0.273. The van der Waals surface area contributed by atoms with Crippen LogP contribution in [-0.4, -0.2) is 34.8 Å². The van der Waals surface area contributed by atoms with Crippen molar-refractivity contribution in [2.24, 2.45) is 11.0 Å². The number of ether oxygens (including phenoxy) is 2. The molecule has 8 nitrogen and oxygen atoms in total. The van der Waals surface area contributed by atoms with E-state index in [-0.39, 0.29) is 23.6 Å². The number of amides is 1. The molecule has 41 heavy (non-hydrogen) atoms. The number of non-ortho nitro benzene ring substituents is 1. The Hall–Kier alpha value is -4.72. The van der Waals surface area contributed by atoms with Gasteiger partial charge in [0.1, 0.15) is 11.5 Å². The Bertz CT molecular complexity index is 1490. The number of hydrogen-bond donors (Lipinski definition) is 0. The van der Waals surface area contributed by atoms with Gasteiger partial charge in [0.05, 0.1) is 29.9 Å². The second-order valence-electron chi connectivity index (χ2n) is 9.97. The molecule has 1 heterocycles. The molecule has 0 unspecified atom stereocenters. The molecule has 0 N–H and O–H groups in total. The molecular weight excluding hydrogens is 518 g/mol. The molecule has 2 aliphatic rings. The van der Waals surface area contributed by atoms with Crippen molar-refractivity contribution in [1.82, 2.24) is 5.01 Å². The fourth-order valence-corrected chi connectivity index (χ4v) is 5.46. The van der Waals surface area contributed by atoms with Gasteiger partial charge in [-0.2, -0.15) is 5.10 Å². The molecule has 0 radical (unpaired) electrons. The third kappa shape index (κ3) is 6.38. The first-order chi connectivity index (χ1) is 20.0. The van der Waals surface area contributed by atoms with Gasteiger partial charge in [0.15, 0.2) is 0 Å². The van der Waals surface area contributed by atoms with Crippen LogP contribution in [0.4, 0.5) is 5.69 Å². The third-order valence-electron chi connectivity index (χ3n) is 7.29. The Kier molecular flexibility index (Phi) is 8.58. The zero-order chi connectivity index (χ0) is 28.8. The molecule has 0 saturated heterocycles. The summed E-state index contributed by atoms with van der Waals surface area (Å²) in [6.45, 7) is 5.10. The molecule has 0 bridgehead atoms. The zero-order valence-corrected chi connectivity index (χ0v) is 23.2. The lowest BCUT2D eigenvalue weighted by Crippen LogP contribution is -2.30. The largest absolute Gasteiger partial charge is 0.494 e. The summed E-state index contributed by atoms with van der Waals surface area (Å²) < 4.78 is 11.2. The molecule has 1 aliphatic heterocycles. The summed E-state index contributed by atoms with van der Waals surface area (Å²) in [6, 6.07) is 21.8. The topological polar surface area (TPSA) is 94.3 Å². The van der Waals surface area contributed by atoms with E-state index >= 15 is 0 Å². The third-order valence-corrected chi connectivity index (χ3v) is 7.29. The quantitative estimate of drug-likeness (QED) is 0.159. The maximum atomic E-state index is 13.6. The lowest BCUT2D eigenvalue weighted by atomic mass is 9.77. The number of allylic oxidation sites excluding steroid dienone is 1.